The van der Waals surface area contributed by atoms with Crippen LogP contribution in [0.5, 0.6) is 11.5 Å². The topological polar surface area (TPSA) is 112 Å². The van der Waals surface area contributed by atoms with Gasteiger partial charge in [0, 0.05) is 36.5 Å². The molecule has 3 aromatic rings. The molecule has 1 N–H and O–H groups in total. The van der Waals surface area contributed by atoms with Gasteiger partial charge in [0.1, 0.15) is 16.9 Å². The molecule has 0 bridgehead atoms. The van der Waals surface area contributed by atoms with Crippen molar-refractivity contribution in [3.05, 3.63) is 51.1 Å². The summed E-state index contributed by atoms with van der Waals surface area (Å²) in [5.74, 6) is -1.99. The number of carbonyl (C=O) groups excluding carboxylic acids is 2. The molecule has 0 amide bonds. The van der Waals surface area contributed by atoms with Gasteiger partial charge < -0.3 is 14.3 Å². The largest absolute Gasteiger partial charge is 0.506 e. The minimum Gasteiger partial charge on any atom is -0.506 e. The molecule has 2 aromatic heterocycles. The summed E-state index contributed by atoms with van der Waals surface area (Å²) in [6.45, 7) is 2.92. The van der Waals surface area contributed by atoms with Crippen LogP contribution in [0.4, 0.5) is 0 Å². The number of aromatic nitrogens is 2. The number of Topliss-reactive ketones (excluding diaryl/α,β-unsaturated/α-hetero) is 1. The van der Waals surface area contributed by atoms with E-state index in [9.17, 15) is 19.5 Å². The molecule has 0 spiro atoms. The molecule has 0 fully saturated rings. The Kier molecular flexibility index (Phi) is 3.66. The summed E-state index contributed by atoms with van der Waals surface area (Å²) in [6, 6.07) is 2.99. The van der Waals surface area contributed by atoms with Crippen molar-refractivity contribution in [2.24, 2.45) is 7.05 Å². The Hall–Kier alpha value is -3.42. The van der Waals surface area contributed by atoms with Gasteiger partial charge in [0.25, 0.3) is 0 Å². The number of aryl methyl sites for hydroxylation is 2. The molecule has 0 saturated heterocycles. The van der Waals surface area contributed by atoms with Gasteiger partial charge in [-0.05, 0) is 25.5 Å². The van der Waals surface area contributed by atoms with Gasteiger partial charge in [0.05, 0.1) is 11.8 Å². The van der Waals surface area contributed by atoms with Crippen LogP contribution in [0.15, 0.2) is 27.5 Å². The molecule has 8 heteroatoms. The molecule has 0 radical (unpaired) electrons. The van der Waals surface area contributed by atoms with Gasteiger partial charge in [-0.15, -0.1) is 0 Å². The number of hydrogen-bond donors (Lipinski definition) is 1. The van der Waals surface area contributed by atoms with Crippen LogP contribution in [0.1, 0.15) is 46.4 Å². The highest BCUT2D eigenvalue weighted by Crippen LogP contribution is 2.49. The second-order valence-corrected chi connectivity index (χ2v) is 6.59. The van der Waals surface area contributed by atoms with Gasteiger partial charge in [-0.2, -0.15) is 5.10 Å². The third-order valence-corrected chi connectivity index (χ3v) is 4.85. The minimum atomic E-state index is -0.599. The fourth-order valence-corrected chi connectivity index (χ4v) is 3.72. The van der Waals surface area contributed by atoms with Crippen LogP contribution < -0.4 is 10.4 Å². The number of benzene rings is 1. The number of esters is 1. The number of nitrogens with zero attached hydrogens (tertiary/aromatic N) is 2. The van der Waals surface area contributed by atoms with Crippen molar-refractivity contribution in [3.63, 3.8) is 0 Å². The summed E-state index contributed by atoms with van der Waals surface area (Å²) < 4.78 is 12.4. The predicted octanol–water partition coefficient (Wildman–Crippen LogP) is 2.18. The lowest BCUT2D eigenvalue weighted by Crippen LogP contribution is -2.25. The first-order valence-electron chi connectivity index (χ1n) is 8.32. The van der Waals surface area contributed by atoms with Gasteiger partial charge in [-0.25, -0.2) is 4.79 Å². The van der Waals surface area contributed by atoms with E-state index in [0.717, 1.165) is 0 Å². The molecule has 8 nitrogen and oxygen atoms in total. The van der Waals surface area contributed by atoms with Gasteiger partial charge in [0.15, 0.2) is 11.5 Å². The van der Waals surface area contributed by atoms with Crippen molar-refractivity contribution in [2.75, 3.05) is 0 Å². The van der Waals surface area contributed by atoms with Crippen molar-refractivity contribution in [1.82, 2.24) is 9.78 Å². The molecular formula is C19H16N2O6. The van der Waals surface area contributed by atoms with Gasteiger partial charge >= 0.3 is 11.6 Å². The molecule has 0 aliphatic carbocycles. The smallest absolute Gasteiger partial charge is 0.336 e. The second-order valence-electron chi connectivity index (χ2n) is 6.59. The lowest BCUT2D eigenvalue weighted by atomic mass is 9.85. The molecule has 1 aliphatic rings. The monoisotopic (exact) mass is 368 g/mol. The second kappa shape index (κ2) is 5.80. The zero-order chi connectivity index (χ0) is 19.5. The summed E-state index contributed by atoms with van der Waals surface area (Å²) in [6.07, 6.45) is 1.58. The Balaban J connectivity index is 2.22. The first-order chi connectivity index (χ1) is 12.8. The standard InChI is InChI=1S/C19H16N2O6/c1-8-6-12(23)26-18-14(8)17(25)15(9(2)22)19-16(18)10(7-13(24)27-19)11-4-5-20-21(11)3/h4-6,10,25H,7H2,1-3H3/t10-/m1/s1. The quantitative estimate of drug-likeness (QED) is 0.319. The van der Waals surface area contributed by atoms with E-state index in [1.54, 1.807) is 30.9 Å². The summed E-state index contributed by atoms with van der Waals surface area (Å²) in [5.41, 5.74) is 0.948. The average molecular weight is 368 g/mol. The minimum absolute atomic E-state index is 0.0125. The summed E-state index contributed by atoms with van der Waals surface area (Å²) in [5, 5.41) is 15.1. The van der Waals surface area contributed by atoms with Gasteiger partial charge in [-0.1, -0.05) is 0 Å². The maximum atomic E-state index is 12.3. The molecular weight excluding hydrogens is 352 g/mol. The van der Waals surface area contributed by atoms with Gasteiger partial charge in [0.2, 0.25) is 0 Å². The molecule has 1 aromatic carbocycles. The Labute approximate surface area is 153 Å². The Morgan fingerprint density at radius 1 is 1.37 bits per heavy atom. The van der Waals surface area contributed by atoms with Crippen molar-refractivity contribution >= 4 is 22.7 Å². The van der Waals surface area contributed by atoms with E-state index in [2.05, 4.69) is 5.10 Å². The van der Waals surface area contributed by atoms with Crippen LogP contribution in [0.3, 0.4) is 0 Å². The van der Waals surface area contributed by atoms with Crippen molar-refractivity contribution in [2.45, 2.75) is 26.2 Å². The van der Waals surface area contributed by atoms with E-state index < -0.39 is 23.3 Å². The molecule has 1 atom stereocenters. The molecule has 1 aliphatic heterocycles. The third-order valence-electron chi connectivity index (χ3n) is 4.85. The number of hydrogen-bond acceptors (Lipinski definition) is 7. The summed E-state index contributed by atoms with van der Waals surface area (Å²) in [7, 11) is 1.73. The number of carbonyl (C=O) groups is 2. The number of rotatable bonds is 2. The first-order valence-corrected chi connectivity index (χ1v) is 8.32. The molecule has 0 unspecified atom stereocenters. The van der Waals surface area contributed by atoms with E-state index in [-0.39, 0.29) is 34.5 Å². The van der Waals surface area contributed by atoms with Gasteiger partial charge in [-0.3, -0.25) is 14.3 Å². The molecule has 3 heterocycles. The van der Waals surface area contributed by atoms with Crippen LogP contribution in [-0.4, -0.2) is 26.6 Å². The average Bonchev–Trinajstić information content (AvgIpc) is 2.98. The number of phenols is 1. The first kappa shape index (κ1) is 17.0. The number of phenolic OH excluding ortho intramolecular Hbond substituents is 1. The van der Waals surface area contributed by atoms with E-state index in [4.69, 9.17) is 9.15 Å². The molecule has 4 rings (SSSR count). The normalized spacial score (nSPS) is 16.3. The number of ketones is 1. The molecule has 138 valence electrons. The summed E-state index contributed by atoms with van der Waals surface area (Å²) in [4.78, 5) is 36.5. The number of aromatic hydroxyl groups is 1. The van der Waals surface area contributed by atoms with E-state index in [1.165, 1.54) is 13.0 Å². The number of fused-ring (bicyclic) bond motifs is 3. The zero-order valence-electron chi connectivity index (χ0n) is 14.9. The SMILES string of the molecule is CC(=O)c1c2c(c3oc(=O)cc(C)c3c1O)[C@@H](c1ccnn1C)CC(=O)O2. The van der Waals surface area contributed by atoms with Crippen molar-refractivity contribution in [3.8, 4) is 11.5 Å². The highest BCUT2D eigenvalue weighted by Gasteiger charge is 2.38. The molecule has 0 saturated carbocycles. The lowest BCUT2D eigenvalue weighted by Gasteiger charge is -2.27. The summed E-state index contributed by atoms with van der Waals surface area (Å²) >= 11 is 0. The highest BCUT2D eigenvalue weighted by atomic mass is 16.5. The number of ether oxygens (including phenoxy) is 1. The zero-order valence-corrected chi connectivity index (χ0v) is 14.9. The Morgan fingerprint density at radius 3 is 2.74 bits per heavy atom. The van der Waals surface area contributed by atoms with E-state index >= 15 is 0 Å². The highest BCUT2D eigenvalue weighted by molar-refractivity contribution is 6.08. The van der Waals surface area contributed by atoms with Crippen molar-refractivity contribution in [1.29, 1.82) is 0 Å². The maximum absolute atomic E-state index is 12.3. The fourth-order valence-electron chi connectivity index (χ4n) is 3.72. The Morgan fingerprint density at radius 2 is 2.11 bits per heavy atom. The molecule has 27 heavy (non-hydrogen) atoms. The van der Waals surface area contributed by atoms with Crippen LogP contribution >= 0.6 is 0 Å². The van der Waals surface area contributed by atoms with E-state index in [1.807, 2.05) is 0 Å². The van der Waals surface area contributed by atoms with E-state index in [0.29, 0.717) is 16.8 Å². The predicted molar refractivity (Wildman–Crippen MR) is 94.2 cm³/mol. The third kappa shape index (κ3) is 2.44. The van der Waals surface area contributed by atoms with Crippen molar-refractivity contribution < 1.29 is 23.8 Å². The maximum Gasteiger partial charge on any atom is 0.336 e. The Bertz CT molecular complexity index is 1190. The van der Waals surface area contributed by atoms with Crippen LogP contribution in [-0.2, 0) is 11.8 Å². The lowest BCUT2D eigenvalue weighted by molar-refractivity contribution is -0.135. The van der Waals surface area contributed by atoms with Crippen LogP contribution in [0.25, 0.3) is 11.0 Å². The van der Waals surface area contributed by atoms with Crippen LogP contribution in [0, 0.1) is 6.92 Å². The fraction of sp³-hybridized carbons (Fsp3) is 0.263. The van der Waals surface area contributed by atoms with Crippen LogP contribution in [0.2, 0.25) is 0 Å².